The van der Waals surface area contributed by atoms with E-state index in [2.05, 4.69) is 32.0 Å². The minimum atomic E-state index is 0.462. The average molecular weight is 238 g/mol. The van der Waals surface area contributed by atoms with E-state index in [4.69, 9.17) is 4.74 Å². The van der Waals surface area contributed by atoms with Crippen molar-refractivity contribution in [1.82, 2.24) is 0 Å². The first kappa shape index (κ1) is 13.1. The fourth-order valence-electron chi connectivity index (χ4n) is 1.72. The molecule has 1 atom stereocenters. The van der Waals surface area contributed by atoms with Crippen LogP contribution in [0.2, 0.25) is 0 Å². The van der Waals surface area contributed by atoms with E-state index < -0.39 is 0 Å². The van der Waals surface area contributed by atoms with Gasteiger partial charge in [0.1, 0.15) is 0 Å². The predicted octanol–water partition coefficient (Wildman–Crippen LogP) is 3.22. The van der Waals surface area contributed by atoms with Gasteiger partial charge in [0.15, 0.2) is 0 Å². The van der Waals surface area contributed by atoms with Crippen LogP contribution in [-0.2, 0) is 16.0 Å². The molecule has 16 heavy (non-hydrogen) atoms. The average Bonchev–Trinajstić information content (AvgIpc) is 2.30. The molecule has 0 saturated heterocycles. The van der Waals surface area contributed by atoms with Crippen LogP contribution in [0.4, 0.5) is 0 Å². The minimum absolute atomic E-state index is 0.462. The molecule has 0 aromatic heterocycles. The van der Waals surface area contributed by atoms with Crippen molar-refractivity contribution in [1.29, 1.82) is 0 Å². The zero-order valence-corrected chi connectivity index (χ0v) is 10.6. The Labute approximate surface area is 101 Å². The zero-order chi connectivity index (χ0) is 11.8. The van der Waals surface area contributed by atoms with Crippen LogP contribution in [0.1, 0.15) is 30.2 Å². The van der Waals surface area contributed by atoms with Crippen molar-refractivity contribution in [2.24, 2.45) is 0 Å². The third-order valence-corrected chi connectivity index (χ3v) is 3.55. The second kappa shape index (κ2) is 7.34. The second-order valence-electron chi connectivity index (χ2n) is 3.51. The molecule has 0 N–H and O–H groups in total. The first-order valence-corrected chi connectivity index (χ1v) is 6.59. The third-order valence-electron chi connectivity index (χ3n) is 2.47. The van der Waals surface area contributed by atoms with Gasteiger partial charge in [0.2, 0.25) is 0 Å². The summed E-state index contributed by atoms with van der Waals surface area (Å²) in [7, 11) is 0. The molecule has 1 aromatic carbocycles. The van der Waals surface area contributed by atoms with Crippen molar-refractivity contribution < 1.29 is 9.53 Å². The molecule has 0 bridgehead atoms. The summed E-state index contributed by atoms with van der Waals surface area (Å²) in [5.41, 5.74) is 2.63. The van der Waals surface area contributed by atoms with E-state index in [1.54, 1.807) is 0 Å². The molecule has 88 valence electrons. The molecule has 0 spiro atoms. The lowest BCUT2D eigenvalue weighted by molar-refractivity contribution is -0.128. The van der Waals surface area contributed by atoms with Gasteiger partial charge in [0, 0.05) is 11.7 Å². The number of ether oxygens (including phenoxy) is 1. The van der Waals surface area contributed by atoms with Gasteiger partial charge in [-0.2, -0.15) is 11.8 Å². The zero-order valence-electron chi connectivity index (χ0n) is 9.81. The number of rotatable bonds is 7. The summed E-state index contributed by atoms with van der Waals surface area (Å²) < 4.78 is 4.74. The molecule has 0 fully saturated rings. The van der Waals surface area contributed by atoms with Crippen LogP contribution in [0.15, 0.2) is 24.3 Å². The third kappa shape index (κ3) is 3.89. The smallest absolute Gasteiger partial charge is 0.293 e. The number of carbonyl (C=O) groups is 1. The van der Waals surface area contributed by atoms with E-state index in [-0.39, 0.29) is 0 Å². The van der Waals surface area contributed by atoms with Crippen LogP contribution in [0.3, 0.4) is 0 Å². The number of benzene rings is 1. The van der Waals surface area contributed by atoms with E-state index in [0.29, 0.717) is 18.3 Å². The molecule has 0 radical (unpaired) electrons. The van der Waals surface area contributed by atoms with Gasteiger partial charge >= 0.3 is 0 Å². The summed E-state index contributed by atoms with van der Waals surface area (Å²) in [5.74, 6) is 1.11. The lowest BCUT2D eigenvalue weighted by Crippen LogP contribution is -2.02. The van der Waals surface area contributed by atoms with Crippen LogP contribution in [-0.4, -0.2) is 18.8 Å². The van der Waals surface area contributed by atoms with E-state index in [1.165, 1.54) is 11.1 Å². The van der Waals surface area contributed by atoms with Crippen molar-refractivity contribution >= 4 is 18.2 Å². The normalized spacial score (nSPS) is 12.1. The summed E-state index contributed by atoms with van der Waals surface area (Å²) in [6.07, 6.45) is 0.795. The maximum atomic E-state index is 10.1. The first-order chi connectivity index (χ1) is 7.79. The molecule has 0 aliphatic rings. The van der Waals surface area contributed by atoms with Crippen LogP contribution in [0, 0.1) is 0 Å². The van der Waals surface area contributed by atoms with Crippen LogP contribution in [0.25, 0.3) is 0 Å². The minimum Gasteiger partial charge on any atom is -0.468 e. The largest absolute Gasteiger partial charge is 0.468 e. The highest BCUT2D eigenvalue weighted by molar-refractivity contribution is 7.99. The molecule has 0 saturated carbocycles. The van der Waals surface area contributed by atoms with Gasteiger partial charge in [-0.3, -0.25) is 4.79 Å². The van der Waals surface area contributed by atoms with Crippen LogP contribution < -0.4 is 0 Å². The summed E-state index contributed by atoms with van der Waals surface area (Å²) in [6.45, 7) is 5.35. The van der Waals surface area contributed by atoms with Gasteiger partial charge in [-0.1, -0.05) is 31.2 Å². The maximum Gasteiger partial charge on any atom is 0.293 e. The fraction of sp³-hybridized carbons (Fsp3) is 0.462. The Morgan fingerprint density at radius 1 is 1.44 bits per heavy atom. The van der Waals surface area contributed by atoms with Gasteiger partial charge in [0.05, 0.1) is 6.61 Å². The summed E-state index contributed by atoms with van der Waals surface area (Å²) in [6, 6.07) is 8.36. The molecule has 0 aliphatic heterocycles. The Bertz CT molecular complexity index is 325. The summed E-state index contributed by atoms with van der Waals surface area (Å²) >= 11 is 1.93. The molecule has 2 nitrogen and oxygen atoms in total. The van der Waals surface area contributed by atoms with Crippen molar-refractivity contribution in [3.8, 4) is 0 Å². The standard InChI is InChI=1S/C13H18O2S/c1-3-16-11(2)13-7-5-4-6-12(13)8-9-15-10-14/h4-7,10-11H,3,8-9H2,1-2H3. The van der Waals surface area contributed by atoms with E-state index in [0.717, 1.165) is 12.2 Å². The van der Waals surface area contributed by atoms with Crippen LogP contribution >= 0.6 is 11.8 Å². The molecule has 1 rings (SSSR count). The monoisotopic (exact) mass is 238 g/mol. The van der Waals surface area contributed by atoms with Gasteiger partial charge in [-0.25, -0.2) is 0 Å². The first-order valence-electron chi connectivity index (χ1n) is 5.54. The van der Waals surface area contributed by atoms with Crippen LogP contribution in [0.5, 0.6) is 0 Å². The van der Waals surface area contributed by atoms with Gasteiger partial charge < -0.3 is 4.74 Å². The number of carbonyl (C=O) groups excluding carboxylic acids is 1. The molecule has 1 unspecified atom stereocenters. The summed E-state index contributed by atoms with van der Waals surface area (Å²) in [5, 5.41) is 0.498. The summed E-state index contributed by atoms with van der Waals surface area (Å²) in [4.78, 5) is 10.1. The molecular formula is C13H18O2S. The number of hydrogen-bond acceptors (Lipinski definition) is 3. The highest BCUT2D eigenvalue weighted by Gasteiger charge is 2.09. The molecule has 0 heterocycles. The van der Waals surface area contributed by atoms with Crippen molar-refractivity contribution in [2.45, 2.75) is 25.5 Å². The quantitative estimate of drug-likeness (QED) is 0.539. The van der Waals surface area contributed by atoms with Gasteiger partial charge in [-0.05, 0) is 23.8 Å². The Kier molecular flexibility index (Phi) is 6.01. The Morgan fingerprint density at radius 2 is 2.19 bits per heavy atom. The lowest BCUT2D eigenvalue weighted by Gasteiger charge is -2.15. The number of hydrogen-bond donors (Lipinski definition) is 0. The van der Waals surface area contributed by atoms with Crippen molar-refractivity contribution in [3.63, 3.8) is 0 Å². The molecule has 1 aromatic rings. The molecule has 0 aliphatic carbocycles. The van der Waals surface area contributed by atoms with E-state index in [9.17, 15) is 4.79 Å². The molecule has 3 heteroatoms. The predicted molar refractivity (Wildman–Crippen MR) is 68.7 cm³/mol. The SMILES string of the molecule is CCSC(C)c1ccccc1CCOC=O. The Balaban J connectivity index is 2.70. The van der Waals surface area contributed by atoms with E-state index >= 15 is 0 Å². The number of thioether (sulfide) groups is 1. The maximum absolute atomic E-state index is 10.1. The Morgan fingerprint density at radius 3 is 2.88 bits per heavy atom. The van der Waals surface area contributed by atoms with Crippen molar-refractivity contribution in [2.75, 3.05) is 12.4 Å². The highest BCUT2D eigenvalue weighted by atomic mass is 32.2. The van der Waals surface area contributed by atoms with E-state index in [1.807, 2.05) is 17.8 Å². The molecule has 0 amide bonds. The highest BCUT2D eigenvalue weighted by Crippen LogP contribution is 2.30. The second-order valence-corrected chi connectivity index (χ2v) is 5.13. The Hall–Kier alpha value is -0.960. The molecular weight excluding hydrogens is 220 g/mol. The van der Waals surface area contributed by atoms with Gasteiger partial charge in [-0.15, -0.1) is 0 Å². The van der Waals surface area contributed by atoms with Gasteiger partial charge in [0.25, 0.3) is 6.47 Å². The van der Waals surface area contributed by atoms with Crippen molar-refractivity contribution in [3.05, 3.63) is 35.4 Å². The topological polar surface area (TPSA) is 26.3 Å². The lowest BCUT2D eigenvalue weighted by atomic mass is 10.0. The fourth-order valence-corrected chi connectivity index (χ4v) is 2.62.